The predicted molar refractivity (Wildman–Crippen MR) is 82.0 cm³/mol. The van der Waals surface area contributed by atoms with Crippen LogP contribution in [0, 0.1) is 11.8 Å². The van der Waals surface area contributed by atoms with E-state index >= 15 is 0 Å². The van der Waals surface area contributed by atoms with Crippen molar-refractivity contribution in [1.82, 2.24) is 9.88 Å². The van der Waals surface area contributed by atoms with Crippen LogP contribution in [0.1, 0.15) is 18.4 Å². The third-order valence-corrected chi connectivity index (χ3v) is 3.92. The Labute approximate surface area is 122 Å². The minimum atomic E-state index is 0.873. The Kier molecular flexibility index (Phi) is 3.82. The Bertz CT molecular complexity index is 649. The van der Waals surface area contributed by atoms with Crippen molar-refractivity contribution < 1.29 is 0 Å². The van der Waals surface area contributed by atoms with Gasteiger partial charge in [-0.25, -0.2) is 0 Å². The Morgan fingerprint density at radius 3 is 2.89 bits per heavy atom. The van der Waals surface area contributed by atoms with Gasteiger partial charge in [-0.15, -0.1) is 0 Å². The van der Waals surface area contributed by atoms with Gasteiger partial charge in [0.15, 0.2) is 0 Å². The van der Waals surface area contributed by atoms with Crippen LogP contribution in [0.15, 0.2) is 34.9 Å². The summed E-state index contributed by atoms with van der Waals surface area (Å²) in [7, 11) is 0. The summed E-state index contributed by atoms with van der Waals surface area (Å²) in [5, 5.41) is 1.12. The maximum absolute atomic E-state index is 4.37. The van der Waals surface area contributed by atoms with Crippen LogP contribution < -0.4 is 0 Å². The number of aromatic nitrogens is 1. The molecule has 3 rings (SSSR count). The van der Waals surface area contributed by atoms with E-state index in [9.17, 15) is 0 Å². The average molecular weight is 315 g/mol. The fourth-order valence-corrected chi connectivity index (χ4v) is 2.78. The van der Waals surface area contributed by atoms with Crippen LogP contribution in [0.2, 0.25) is 0 Å². The topological polar surface area (TPSA) is 16.1 Å². The molecule has 1 aliphatic rings. The molecule has 2 aromatic rings. The van der Waals surface area contributed by atoms with E-state index in [1.165, 1.54) is 25.9 Å². The second-order valence-electron chi connectivity index (χ2n) is 4.81. The third-order valence-electron chi connectivity index (χ3n) is 3.43. The molecule has 0 unspecified atom stereocenters. The molecule has 1 saturated heterocycles. The maximum atomic E-state index is 4.37. The van der Waals surface area contributed by atoms with Gasteiger partial charge in [0.05, 0.1) is 12.1 Å². The molecule has 0 atom stereocenters. The molecular formula is C16H15BrN2. The molecule has 0 N–H and O–H groups in total. The molecule has 0 radical (unpaired) electrons. The van der Waals surface area contributed by atoms with E-state index in [4.69, 9.17) is 0 Å². The number of nitrogens with zero attached hydrogens (tertiary/aromatic N) is 2. The first-order valence-corrected chi connectivity index (χ1v) is 7.38. The summed E-state index contributed by atoms with van der Waals surface area (Å²) in [5.41, 5.74) is 2.06. The van der Waals surface area contributed by atoms with Gasteiger partial charge in [0, 0.05) is 21.6 Å². The minimum Gasteiger partial charge on any atom is -0.292 e. The number of halogens is 1. The second-order valence-corrected chi connectivity index (χ2v) is 5.72. The molecule has 1 aliphatic heterocycles. The van der Waals surface area contributed by atoms with Crippen molar-refractivity contribution in [3.63, 3.8) is 0 Å². The smallest absolute Gasteiger partial charge is 0.0715 e. The normalized spacial score (nSPS) is 15.4. The van der Waals surface area contributed by atoms with E-state index in [1.807, 2.05) is 24.4 Å². The summed E-state index contributed by atoms with van der Waals surface area (Å²) < 4.78 is 1.07. The van der Waals surface area contributed by atoms with Gasteiger partial charge >= 0.3 is 0 Å². The zero-order chi connectivity index (χ0) is 13.1. The lowest BCUT2D eigenvalue weighted by Gasteiger charge is -2.08. The number of rotatable bonds is 1. The Hall–Kier alpha value is -1.37. The Balaban J connectivity index is 1.87. The van der Waals surface area contributed by atoms with E-state index in [2.05, 4.69) is 43.7 Å². The highest BCUT2D eigenvalue weighted by Gasteiger charge is 2.08. The summed E-state index contributed by atoms with van der Waals surface area (Å²) in [6.07, 6.45) is 4.45. The van der Waals surface area contributed by atoms with Crippen LogP contribution in [0.5, 0.6) is 0 Å². The first kappa shape index (κ1) is 12.7. The van der Waals surface area contributed by atoms with Crippen LogP contribution >= 0.6 is 15.9 Å². The minimum absolute atomic E-state index is 0.873. The highest BCUT2D eigenvalue weighted by atomic mass is 79.9. The average Bonchev–Trinajstić information content (AvgIpc) is 2.92. The quantitative estimate of drug-likeness (QED) is 0.750. The summed E-state index contributed by atoms with van der Waals surface area (Å²) in [6.45, 7) is 3.26. The van der Waals surface area contributed by atoms with Gasteiger partial charge in [-0.3, -0.25) is 9.88 Å². The fraction of sp³-hybridized carbons (Fsp3) is 0.312. The largest absolute Gasteiger partial charge is 0.292 e. The molecule has 0 spiro atoms. The van der Waals surface area contributed by atoms with Crippen LogP contribution in [-0.2, 0) is 0 Å². The van der Waals surface area contributed by atoms with Gasteiger partial charge in [-0.2, -0.15) is 0 Å². The molecule has 3 heteroatoms. The zero-order valence-electron chi connectivity index (χ0n) is 10.7. The van der Waals surface area contributed by atoms with Gasteiger partial charge < -0.3 is 0 Å². The molecule has 1 fully saturated rings. The van der Waals surface area contributed by atoms with Crippen molar-refractivity contribution in [1.29, 1.82) is 0 Å². The van der Waals surface area contributed by atoms with Crippen LogP contribution in [0.3, 0.4) is 0 Å². The van der Waals surface area contributed by atoms with Crippen LogP contribution in [-0.4, -0.2) is 29.5 Å². The van der Waals surface area contributed by atoms with Gasteiger partial charge in [-0.1, -0.05) is 27.8 Å². The van der Waals surface area contributed by atoms with Crippen molar-refractivity contribution in [2.24, 2.45) is 0 Å². The molecule has 2 nitrogen and oxygen atoms in total. The molecule has 96 valence electrons. The number of hydrogen-bond donors (Lipinski definition) is 0. The highest BCUT2D eigenvalue weighted by Crippen LogP contribution is 2.20. The van der Waals surface area contributed by atoms with Crippen molar-refractivity contribution >= 4 is 26.8 Å². The number of fused-ring (bicyclic) bond motifs is 1. The van der Waals surface area contributed by atoms with E-state index in [0.29, 0.717) is 0 Å². The van der Waals surface area contributed by atoms with Gasteiger partial charge in [0.1, 0.15) is 0 Å². The van der Waals surface area contributed by atoms with Crippen LogP contribution in [0.25, 0.3) is 10.9 Å². The number of hydrogen-bond acceptors (Lipinski definition) is 2. The Morgan fingerprint density at radius 1 is 1.21 bits per heavy atom. The first-order chi connectivity index (χ1) is 9.33. The summed E-state index contributed by atoms with van der Waals surface area (Å²) >= 11 is 3.50. The molecule has 1 aromatic carbocycles. The number of pyridine rings is 1. The standard InChI is InChI=1S/C16H15BrN2/c17-14-5-6-16-15(12-14)13(7-8-18-16)4-3-11-19-9-1-2-10-19/h5-8,12H,1-2,9-11H2. The van der Waals surface area contributed by atoms with Gasteiger partial charge in [-0.05, 0) is 50.2 Å². The van der Waals surface area contributed by atoms with E-state index in [0.717, 1.165) is 27.5 Å². The number of benzene rings is 1. The Morgan fingerprint density at radius 2 is 2.05 bits per heavy atom. The summed E-state index contributed by atoms with van der Waals surface area (Å²) in [5.74, 6) is 6.58. The molecule has 0 bridgehead atoms. The zero-order valence-corrected chi connectivity index (χ0v) is 12.3. The molecule has 19 heavy (non-hydrogen) atoms. The van der Waals surface area contributed by atoms with E-state index in [1.54, 1.807) is 0 Å². The molecular weight excluding hydrogens is 300 g/mol. The highest BCUT2D eigenvalue weighted by molar-refractivity contribution is 9.10. The lowest BCUT2D eigenvalue weighted by molar-refractivity contribution is 0.383. The molecule has 2 heterocycles. The molecule has 0 saturated carbocycles. The van der Waals surface area contributed by atoms with Crippen molar-refractivity contribution in [2.75, 3.05) is 19.6 Å². The molecule has 0 amide bonds. The number of likely N-dealkylation sites (tertiary alicyclic amines) is 1. The summed E-state index contributed by atoms with van der Waals surface area (Å²) in [4.78, 5) is 6.78. The lowest BCUT2D eigenvalue weighted by Crippen LogP contribution is -2.18. The second kappa shape index (κ2) is 5.73. The SMILES string of the molecule is Brc1ccc2nccc(C#CCN3CCCC3)c2c1. The van der Waals surface area contributed by atoms with Crippen LogP contribution in [0.4, 0.5) is 0 Å². The van der Waals surface area contributed by atoms with E-state index < -0.39 is 0 Å². The van der Waals surface area contributed by atoms with Crippen molar-refractivity contribution in [3.8, 4) is 11.8 Å². The summed E-state index contributed by atoms with van der Waals surface area (Å²) in [6, 6.07) is 8.11. The first-order valence-electron chi connectivity index (χ1n) is 6.58. The third kappa shape index (κ3) is 2.97. The predicted octanol–water partition coefficient (Wildman–Crippen LogP) is 3.44. The van der Waals surface area contributed by atoms with E-state index in [-0.39, 0.29) is 0 Å². The fourth-order valence-electron chi connectivity index (χ4n) is 2.41. The van der Waals surface area contributed by atoms with Crippen molar-refractivity contribution in [2.45, 2.75) is 12.8 Å². The maximum Gasteiger partial charge on any atom is 0.0715 e. The monoisotopic (exact) mass is 314 g/mol. The molecule has 1 aromatic heterocycles. The van der Waals surface area contributed by atoms with Crippen molar-refractivity contribution in [3.05, 3.63) is 40.5 Å². The molecule has 0 aliphatic carbocycles. The van der Waals surface area contributed by atoms with Gasteiger partial charge in [0.25, 0.3) is 0 Å². The lowest BCUT2D eigenvalue weighted by atomic mass is 10.1. The van der Waals surface area contributed by atoms with Gasteiger partial charge in [0.2, 0.25) is 0 Å².